The van der Waals surface area contributed by atoms with Gasteiger partial charge in [0.1, 0.15) is 0 Å². The van der Waals surface area contributed by atoms with E-state index < -0.39 is 10.2 Å². The van der Waals surface area contributed by atoms with E-state index in [-0.39, 0.29) is 18.1 Å². The maximum Gasteiger partial charge on any atom is 0.279 e. The molecule has 96 valence electrons. The number of hydrogen-bond acceptors (Lipinski definition) is 3. The van der Waals surface area contributed by atoms with Crippen LogP contribution >= 0.6 is 0 Å². The molecule has 16 heavy (non-hydrogen) atoms. The first-order valence-corrected chi connectivity index (χ1v) is 7.29. The summed E-state index contributed by atoms with van der Waals surface area (Å²) in [5.74, 6) is 0. The summed E-state index contributed by atoms with van der Waals surface area (Å²) in [4.78, 5) is 0. The van der Waals surface area contributed by atoms with Crippen LogP contribution in [0.5, 0.6) is 0 Å². The van der Waals surface area contributed by atoms with E-state index in [9.17, 15) is 8.42 Å². The molecule has 5 nitrogen and oxygen atoms in total. The van der Waals surface area contributed by atoms with E-state index in [1.807, 2.05) is 13.8 Å². The van der Waals surface area contributed by atoms with Crippen LogP contribution in [0, 0.1) is 0 Å². The third kappa shape index (κ3) is 3.41. The molecular weight excluding hydrogens is 226 g/mol. The Labute approximate surface area is 98.6 Å². The van der Waals surface area contributed by atoms with Gasteiger partial charge in [-0.05, 0) is 26.7 Å². The minimum Gasteiger partial charge on any atom is -0.326 e. The van der Waals surface area contributed by atoms with Gasteiger partial charge in [0.2, 0.25) is 0 Å². The summed E-state index contributed by atoms with van der Waals surface area (Å²) in [7, 11) is -1.80. The van der Waals surface area contributed by atoms with Crippen LogP contribution in [0.25, 0.3) is 0 Å². The molecule has 0 aromatic carbocycles. The van der Waals surface area contributed by atoms with Crippen molar-refractivity contribution in [1.29, 1.82) is 0 Å². The predicted molar refractivity (Wildman–Crippen MR) is 65.2 cm³/mol. The second-order valence-corrected chi connectivity index (χ2v) is 6.55. The van der Waals surface area contributed by atoms with Crippen molar-refractivity contribution in [2.24, 2.45) is 5.73 Å². The van der Waals surface area contributed by atoms with E-state index in [0.29, 0.717) is 0 Å². The molecule has 2 atom stereocenters. The average molecular weight is 249 g/mol. The maximum absolute atomic E-state index is 11.9. The van der Waals surface area contributed by atoms with Crippen molar-refractivity contribution < 1.29 is 8.42 Å². The fourth-order valence-corrected chi connectivity index (χ4v) is 3.25. The van der Waals surface area contributed by atoms with Gasteiger partial charge in [-0.25, -0.2) is 0 Å². The Bertz CT molecular complexity index is 316. The zero-order chi connectivity index (χ0) is 12.3. The molecule has 1 saturated carbocycles. The monoisotopic (exact) mass is 249 g/mol. The molecular formula is C10H23N3O2S. The Kier molecular flexibility index (Phi) is 4.73. The molecule has 0 spiro atoms. The van der Waals surface area contributed by atoms with Gasteiger partial charge in [-0.3, -0.25) is 0 Å². The van der Waals surface area contributed by atoms with Crippen LogP contribution in [0.15, 0.2) is 0 Å². The van der Waals surface area contributed by atoms with Crippen LogP contribution < -0.4 is 10.5 Å². The van der Waals surface area contributed by atoms with E-state index in [2.05, 4.69) is 4.72 Å². The van der Waals surface area contributed by atoms with Gasteiger partial charge in [-0.15, -0.1) is 0 Å². The predicted octanol–water partition coefficient (Wildman–Crippen LogP) is 0.431. The van der Waals surface area contributed by atoms with Gasteiger partial charge in [0.05, 0.1) is 0 Å². The number of nitrogens with two attached hydrogens (primary N) is 1. The molecule has 0 heterocycles. The number of nitrogens with one attached hydrogen (secondary N) is 1. The molecule has 0 aliphatic heterocycles. The normalized spacial score (nSPS) is 27.6. The van der Waals surface area contributed by atoms with Crippen LogP contribution in [0.3, 0.4) is 0 Å². The molecule has 0 aromatic rings. The summed E-state index contributed by atoms with van der Waals surface area (Å²) >= 11 is 0. The molecule has 1 fully saturated rings. The Hall–Kier alpha value is -0.170. The highest BCUT2D eigenvalue weighted by molar-refractivity contribution is 7.87. The summed E-state index contributed by atoms with van der Waals surface area (Å²) in [5.41, 5.74) is 5.92. The third-order valence-corrected chi connectivity index (χ3v) is 5.01. The molecule has 1 aliphatic carbocycles. The standard InChI is InChI=1S/C10H23N3O2S/c1-8(2)13(3)16(14,15)12-10-7-5-4-6-9(10)11/h8-10,12H,4-7,11H2,1-3H3/t9-,10-/m1/s1. The van der Waals surface area contributed by atoms with Crippen LogP contribution in [0.2, 0.25) is 0 Å². The van der Waals surface area contributed by atoms with E-state index >= 15 is 0 Å². The van der Waals surface area contributed by atoms with Gasteiger partial charge in [0, 0.05) is 25.2 Å². The average Bonchev–Trinajstić information content (AvgIpc) is 2.20. The quantitative estimate of drug-likeness (QED) is 0.758. The summed E-state index contributed by atoms with van der Waals surface area (Å²) in [5, 5.41) is 0. The van der Waals surface area contributed by atoms with Gasteiger partial charge in [-0.2, -0.15) is 17.4 Å². The van der Waals surface area contributed by atoms with Gasteiger partial charge >= 0.3 is 0 Å². The Morgan fingerprint density at radius 2 is 1.88 bits per heavy atom. The summed E-state index contributed by atoms with van der Waals surface area (Å²) in [6, 6.07) is -0.207. The molecule has 0 radical (unpaired) electrons. The highest BCUT2D eigenvalue weighted by atomic mass is 32.2. The lowest BCUT2D eigenvalue weighted by atomic mass is 9.92. The van der Waals surface area contributed by atoms with Gasteiger partial charge < -0.3 is 5.73 Å². The molecule has 0 bridgehead atoms. The van der Waals surface area contributed by atoms with Crippen molar-refractivity contribution in [3.05, 3.63) is 0 Å². The first kappa shape index (κ1) is 13.9. The van der Waals surface area contributed by atoms with Crippen LogP contribution in [-0.2, 0) is 10.2 Å². The minimum absolute atomic E-state index is 0.0442. The smallest absolute Gasteiger partial charge is 0.279 e. The molecule has 0 saturated heterocycles. The fraction of sp³-hybridized carbons (Fsp3) is 1.00. The molecule has 1 rings (SSSR count). The minimum atomic E-state index is -3.39. The lowest BCUT2D eigenvalue weighted by Gasteiger charge is -2.31. The lowest BCUT2D eigenvalue weighted by molar-refractivity contribution is 0.341. The summed E-state index contributed by atoms with van der Waals surface area (Å²) in [6.45, 7) is 3.69. The largest absolute Gasteiger partial charge is 0.326 e. The molecule has 3 N–H and O–H groups in total. The number of hydrogen-bond donors (Lipinski definition) is 2. The molecule has 1 aliphatic rings. The van der Waals surface area contributed by atoms with E-state index in [4.69, 9.17) is 5.73 Å². The second-order valence-electron chi connectivity index (χ2n) is 4.79. The van der Waals surface area contributed by atoms with Crippen LogP contribution in [0.1, 0.15) is 39.5 Å². The highest BCUT2D eigenvalue weighted by Gasteiger charge is 2.29. The van der Waals surface area contributed by atoms with E-state index in [1.54, 1.807) is 7.05 Å². The Morgan fingerprint density at radius 1 is 1.31 bits per heavy atom. The number of rotatable bonds is 4. The topological polar surface area (TPSA) is 75.4 Å². The first-order chi connectivity index (χ1) is 7.34. The van der Waals surface area contributed by atoms with E-state index in [1.165, 1.54) is 4.31 Å². The zero-order valence-corrected chi connectivity index (χ0v) is 11.1. The van der Waals surface area contributed by atoms with Crippen molar-refractivity contribution in [3.8, 4) is 0 Å². The van der Waals surface area contributed by atoms with Crippen molar-refractivity contribution in [1.82, 2.24) is 9.03 Å². The van der Waals surface area contributed by atoms with Gasteiger partial charge in [0.25, 0.3) is 10.2 Å². The molecule has 0 unspecified atom stereocenters. The Balaban J connectivity index is 2.64. The van der Waals surface area contributed by atoms with Crippen molar-refractivity contribution in [2.75, 3.05) is 7.05 Å². The van der Waals surface area contributed by atoms with Gasteiger partial charge in [0.15, 0.2) is 0 Å². The first-order valence-electron chi connectivity index (χ1n) is 5.85. The molecule has 0 amide bonds. The van der Waals surface area contributed by atoms with Crippen molar-refractivity contribution >= 4 is 10.2 Å². The highest BCUT2D eigenvalue weighted by Crippen LogP contribution is 2.18. The summed E-state index contributed by atoms with van der Waals surface area (Å²) < 4.78 is 27.9. The van der Waals surface area contributed by atoms with Crippen molar-refractivity contribution in [2.45, 2.75) is 57.7 Å². The van der Waals surface area contributed by atoms with Crippen LogP contribution in [-0.4, -0.2) is 37.9 Å². The van der Waals surface area contributed by atoms with Gasteiger partial charge in [-0.1, -0.05) is 12.8 Å². The molecule has 6 heteroatoms. The zero-order valence-electron chi connectivity index (χ0n) is 10.3. The lowest BCUT2D eigenvalue weighted by Crippen LogP contribution is -2.53. The number of nitrogens with zero attached hydrogens (tertiary/aromatic N) is 1. The fourth-order valence-electron chi connectivity index (χ4n) is 1.86. The Morgan fingerprint density at radius 3 is 2.38 bits per heavy atom. The second kappa shape index (κ2) is 5.44. The van der Waals surface area contributed by atoms with Crippen LogP contribution in [0.4, 0.5) is 0 Å². The maximum atomic E-state index is 11.9. The third-order valence-electron chi connectivity index (χ3n) is 3.23. The van der Waals surface area contributed by atoms with E-state index in [0.717, 1.165) is 25.7 Å². The molecule has 0 aromatic heterocycles. The van der Waals surface area contributed by atoms with Crippen molar-refractivity contribution in [3.63, 3.8) is 0 Å². The SMILES string of the molecule is CC(C)N(C)S(=O)(=O)N[C@@H]1CCCC[C@H]1N. The summed E-state index contributed by atoms with van der Waals surface area (Å²) in [6.07, 6.45) is 3.89.